The lowest BCUT2D eigenvalue weighted by Crippen LogP contribution is -2.78. The molecule has 5 atom stereocenters. The van der Waals surface area contributed by atoms with Crippen LogP contribution in [0.3, 0.4) is 0 Å². The molecule has 168 valence electrons. The van der Waals surface area contributed by atoms with E-state index in [1.54, 1.807) is 18.5 Å². The van der Waals surface area contributed by atoms with Gasteiger partial charge in [0.05, 0.1) is 17.1 Å². The molecule has 1 aromatic heterocycles. The predicted octanol–water partition coefficient (Wildman–Crippen LogP) is 1.48. The number of benzene rings is 1. The first kappa shape index (κ1) is 18.9. The number of carbonyl (C=O) groups is 1. The number of carbonyl (C=O) groups excluding carboxylic acids is 1. The highest BCUT2D eigenvalue weighted by molar-refractivity contribution is 5.90. The van der Waals surface area contributed by atoms with E-state index in [1.165, 1.54) is 12.8 Å². The highest BCUT2D eigenvalue weighted by atomic mass is 16.5. The normalized spacial score (nSPS) is 37.0. The van der Waals surface area contributed by atoms with Crippen molar-refractivity contribution in [2.75, 3.05) is 13.1 Å². The number of nitrogens with one attached hydrogen (secondary N) is 2. The average molecular weight is 437 g/mol. The first-order chi connectivity index (χ1) is 15.5. The van der Waals surface area contributed by atoms with Crippen LogP contribution < -0.4 is 10.1 Å². The third kappa shape index (κ3) is 2.29. The van der Waals surface area contributed by atoms with Gasteiger partial charge in [-0.1, -0.05) is 6.07 Å². The van der Waals surface area contributed by atoms with Crippen LogP contribution in [0.1, 0.15) is 53.8 Å². The van der Waals surface area contributed by atoms with E-state index in [4.69, 9.17) is 4.74 Å². The van der Waals surface area contributed by atoms with E-state index < -0.39 is 17.1 Å². The van der Waals surface area contributed by atoms with Gasteiger partial charge in [-0.05, 0) is 62.6 Å². The van der Waals surface area contributed by atoms with Crippen molar-refractivity contribution in [3.05, 3.63) is 41.5 Å². The lowest BCUT2D eigenvalue weighted by atomic mass is 9.48. The van der Waals surface area contributed by atoms with Crippen LogP contribution in [-0.2, 0) is 11.8 Å². The van der Waals surface area contributed by atoms with Gasteiger partial charge >= 0.3 is 0 Å². The average Bonchev–Trinajstić information content (AvgIpc) is 3.27. The number of rotatable bonds is 4. The SMILES string of the molecule is O=C(N[C@@H]1CC[C@@]2(O)[C@H]3Cc4ccc(O)c5c4[C@@]2(CCN3CC2CC2)[C@H]1O5)c1ncc[nH]1. The Morgan fingerprint density at radius 2 is 2.19 bits per heavy atom. The minimum atomic E-state index is -0.942. The number of piperidine rings is 1. The Morgan fingerprint density at radius 3 is 2.97 bits per heavy atom. The number of aromatic amines is 1. The molecule has 4 N–H and O–H groups in total. The number of imidazole rings is 1. The van der Waals surface area contributed by atoms with Gasteiger partial charge in [-0.25, -0.2) is 4.98 Å². The number of aliphatic hydroxyl groups is 1. The number of hydrogen-bond donors (Lipinski definition) is 4. The molecule has 7 rings (SSSR count). The first-order valence-corrected chi connectivity index (χ1v) is 11.8. The molecule has 2 bridgehead atoms. The van der Waals surface area contributed by atoms with E-state index in [-0.39, 0.29) is 29.6 Å². The molecular weight excluding hydrogens is 408 g/mol. The zero-order valence-electron chi connectivity index (χ0n) is 17.9. The van der Waals surface area contributed by atoms with Crippen molar-refractivity contribution in [2.24, 2.45) is 5.92 Å². The number of aromatic nitrogens is 2. The van der Waals surface area contributed by atoms with E-state index in [2.05, 4.69) is 20.2 Å². The van der Waals surface area contributed by atoms with Crippen molar-refractivity contribution in [1.82, 2.24) is 20.2 Å². The second-order valence-electron chi connectivity index (χ2n) is 10.3. The zero-order chi connectivity index (χ0) is 21.7. The number of hydrogen-bond acceptors (Lipinski definition) is 6. The number of phenolic OH excluding ortho intramolecular Hbond substituents is 1. The number of phenols is 1. The number of nitrogens with zero attached hydrogens (tertiary/aromatic N) is 2. The molecule has 3 fully saturated rings. The van der Waals surface area contributed by atoms with E-state index >= 15 is 0 Å². The van der Waals surface area contributed by atoms with E-state index in [0.717, 1.165) is 43.0 Å². The Bertz CT molecular complexity index is 1100. The van der Waals surface area contributed by atoms with Crippen molar-refractivity contribution >= 4 is 5.91 Å². The molecule has 2 aliphatic heterocycles. The fraction of sp³-hybridized carbons (Fsp3) is 0.583. The molecule has 1 spiro atoms. The minimum absolute atomic E-state index is 0.0349. The topological polar surface area (TPSA) is 111 Å². The van der Waals surface area contributed by atoms with Crippen LogP contribution in [0, 0.1) is 5.92 Å². The Kier molecular flexibility index (Phi) is 3.71. The smallest absolute Gasteiger partial charge is 0.287 e. The second kappa shape index (κ2) is 6.26. The van der Waals surface area contributed by atoms with Gasteiger partial charge in [0.2, 0.25) is 0 Å². The van der Waals surface area contributed by atoms with Crippen LogP contribution >= 0.6 is 0 Å². The Labute approximate surface area is 186 Å². The third-order valence-electron chi connectivity index (χ3n) is 8.79. The van der Waals surface area contributed by atoms with Crippen LogP contribution in [0.15, 0.2) is 24.5 Å². The number of ether oxygens (including phenoxy) is 1. The van der Waals surface area contributed by atoms with Gasteiger partial charge in [-0.3, -0.25) is 9.69 Å². The number of aromatic hydroxyl groups is 1. The summed E-state index contributed by atoms with van der Waals surface area (Å²) < 4.78 is 6.46. The highest BCUT2D eigenvalue weighted by Crippen LogP contribution is 2.65. The van der Waals surface area contributed by atoms with Crippen LogP contribution in [0.2, 0.25) is 0 Å². The van der Waals surface area contributed by atoms with Gasteiger partial charge < -0.3 is 25.3 Å². The predicted molar refractivity (Wildman–Crippen MR) is 115 cm³/mol. The minimum Gasteiger partial charge on any atom is -0.504 e. The monoisotopic (exact) mass is 436 g/mol. The van der Waals surface area contributed by atoms with Crippen LogP contribution in [0.5, 0.6) is 11.5 Å². The summed E-state index contributed by atoms with van der Waals surface area (Å²) in [4.78, 5) is 22.3. The number of likely N-dealkylation sites (tertiary alicyclic amines) is 1. The maximum Gasteiger partial charge on any atom is 0.287 e. The van der Waals surface area contributed by atoms with Gasteiger partial charge in [0.25, 0.3) is 5.91 Å². The molecule has 0 unspecified atom stereocenters. The molecule has 2 saturated carbocycles. The molecule has 8 nitrogen and oxygen atoms in total. The zero-order valence-corrected chi connectivity index (χ0v) is 17.9. The summed E-state index contributed by atoms with van der Waals surface area (Å²) >= 11 is 0. The molecule has 32 heavy (non-hydrogen) atoms. The molecule has 3 aliphatic carbocycles. The van der Waals surface area contributed by atoms with Crippen molar-refractivity contribution < 1.29 is 19.7 Å². The summed E-state index contributed by atoms with van der Waals surface area (Å²) in [6, 6.07) is 3.47. The quantitative estimate of drug-likeness (QED) is 0.578. The van der Waals surface area contributed by atoms with Gasteiger partial charge in [0.15, 0.2) is 17.3 Å². The molecule has 0 radical (unpaired) electrons. The summed E-state index contributed by atoms with van der Waals surface area (Å²) in [6.45, 7) is 1.95. The van der Waals surface area contributed by atoms with Crippen LogP contribution in [0.4, 0.5) is 0 Å². The molecular formula is C24H28N4O4. The molecule has 1 saturated heterocycles. The fourth-order valence-electron chi connectivity index (χ4n) is 7.26. The summed E-state index contributed by atoms with van der Waals surface area (Å²) in [5, 5.41) is 26.2. The highest BCUT2D eigenvalue weighted by Gasteiger charge is 2.73. The Hall–Kier alpha value is -2.58. The van der Waals surface area contributed by atoms with Crippen molar-refractivity contribution in [3.63, 3.8) is 0 Å². The molecule has 5 aliphatic rings. The lowest BCUT2D eigenvalue weighted by molar-refractivity contribution is -0.191. The lowest BCUT2D eigenvalue weighted by Gasteiger charge is -2.64. The van der Waals surface area contributed by atoms with Gasteiger partial charge in [0, 0.05) is 30.5 Å². The van der Waals surface area contributed by atoms with E-state index in [9.17, 15) is 15.0 Å². The molecule has 3 heterocycles. The number of amides is 1. The van der Waals surface area contributed by atoms with Gasteiger partial charge in [-0.15, -0.1) is 0 Å². The van der Waals surface area contributed by atoms with Gasteiger partial charge in [0.1, 0.15) is 6.10 Å². The molecule has 1 amide bonds. The molecule has 8 heteroatoms. The van der Waals surface area contributed by atoms with Crippen molar-refractivity contribution in [2.45, 2.75) is 67.7 Å². The maximum atomic E-state index is 12.8. The summed E-state index contributed by atoms with van der Waals surface area (Å²) in [5.41, 5.74) is 0.569. The summed E-state index contributed by atoms with van der Waals surface area (Å²) in [6.07, 6.45) is 8.07. The summed E-state index contributed by atoms with van der Waals surface area (Å²) in [7, 11) is 0. The number of H-pyrrole nitrogens is 1. The van der Waals surface area contributed by atoms with E-state index in [0.29, 0.717) is 18.6 Å². The Balaban J connectivity index is 1.32. The summed E-state index contributed by atoms with van der Waals surface area (Å²) in [5.74, 6) is 1.36. The molecule has 2 aromatic rings. The van der Waals surface area contributed by atoms with E-state index in [1.807, 2.05) is 6.07 Å². The Morgan fingerprint density at radius 1 is 1.31 bits per heavy atom. The molecule has 1 aromatic carbocycles. The maximum absolute atomic E-state index is 12.8. The van der Waals surface area contributed by atoms with Gasteiger partial charge in [-0.2, -0.15) is 0 Å². The van der Waals surface area contributed by atoms with Crippen LogP contribution in [-0.4, -0.2) is 67.9 Å². The largest absolute Gasteiger partial charge is 0.504 e. The van der Waals surface area contributed by atoms with Crippen LogP contribution in [0.25, 0.3) is 0 Å². The fourth-order valence-corrected chi connectivity index (χ4v) is 7.26. The second-order valence-corrected chi connectivity index (χ2v) is 10.3. The standard InChI is InChI=1S/C24H28N4O4/c29-16-4-3-14-11-17-24(31)6-5-15(27-22(30)21-25-8-9-26-21)20-23(24,18(14)19(16)32-20)7-10-28(17)12-13-1-2-13/h3-4,8-9,13,15,17,20,29,31H,1-2,5-7,10-12H2,(H,25,26)(H,27,30)/t15-,17-,20+,23+,24-/m1/s1. The van der Waals surface area contributed by atoms with Crippen molar-refractivity contribution in [3.8, 4) is 11.5 Å². The van der Waals surface area contributed by atoms with Crippen molar-refractivity contribution in [1.29, 1.82) is 0 Å². The third-order valence-corrected chi connectivity index (χ3v) is 8.79. The first-order valence-electron chi connectivity index (χ1n) is 11.8.